The quantitative estimate of drug-likeness (QED) is 0.0321. The molecule has 3 N–H and O–H groups in total. The number of hydrogen-bond donors (Lipinski definition) is 2. The van der Waals surface area contributed by atoms with Gasteiger partial charge in [-0.15, -0.1) is 0 Å². The molecule has 2 fully saturated rings. The summed E-state index contributed by atoms with van der Waals surface area (Å²) in [5, 5.41) is 14.0. The van der Waals surface area contributed by atoms with Crippen LogP contribution in [0.15, 0.2) is 0 Å². The molecule has 0 saturated heterocycles. The average molecular weight is 783 g/mol. The van der Waals surface area contributed by atoms with Gasteiger partial charge >= 0.3 is 133 Å². The summed E-state index contributed by atoms with van der Waals surface area (Å²) < 4.78 is 143. The van der Waals surface area contributed by atoms with E-state index in [9.17, 15) is 71.3 Å². The van der Waals surface area contributed by atoms with Crippen molar-refractivity contribution in [3.8, 4) is 0 Å². The molecule has 0 heterocycles. The number of carbonyl (C=O) groups is 3. The number of aliphatic hydroxyl groups excluding tert-OH is 1. The Morgan fingerprint density at radius 3 is 1.43 bits per heavy atom. The van der Waals surface area contributed by atoms with Crippen LogP contribution in [-0.4, -0.2) is 90.1 Å². The van der Waals surface area contributed by atoms with Gasteiger partial charge in [0.15, 0.2) is 10.1 Å². The number of rotatable bonds is 9. The van der Waals surface area contributed by atoms with E-state index < -0.39 is 72.2 Å². The van der Waals surface area contributed by atoms with Gasteiger partial charge in [0.25, 0.3) is 0 Å². The van der Waals surface area contributed by atoms with Crippen LogP contribution in [0.4, 0.5) is 30.2 Å². The molecule has 0 bridgehead atoms. The van der Waals surface area contributed by atoms with E-state index in [2.05, 4.69) is 18.8 Å². The number of carboxylic acid groups (broad SMARTS) is 1. The summed E-state index contributed by atoms with van der Waals surface area (Å²) >= 11 is -0.672. The Morgan fingerprint density at radius 2 is 1.22 bits per heavy atom. The zero-order chi connectivity index (χ0) is 33.6. The summed E-state index contributed by atoms with van der Waals surface area (Å²) in [5.41, 5.74) is 0. The van der Waals surface area contributed by atoms with Crippen LogP contribution in [0.2, 0.25) is 0 Å². The van der Waals surface area contributed by atoms with Crippen molar-refractivity contribution in [3.63, 3.8) is 0 Å². The SMILES string of the molecule is COC(=O)C(F)(F)S(=O)(=O)F.O=C(O)C(F)(F)S(=O)(=O)[O-].O=C(OC1CCCC1)C(F)(F)SOO[O-].OC1CCCC1.[Na+].[Na+].[Na+].[OH-]. The fourth-order valence-corrected chi connectivity index (χ4v) is 3.27. The number of hydrogen-bond acceptors (Lipinski definition) is 16. The Labute approximate surface area is 328 Å². The van der Waals surface area contributed by atoms with Gasteiger partial charge in [0.05, 0.1) is 13.2 Å². The van der Waals surface area contributed by atoms with E-state index in [1.54, 1.807) is 0 Å². The van der Waals surface area contributed by atoms with Crippen molar-refractivity contribution in [3.05, 3.63) is 0 Å². The summed E-state index contributed by atoms with van der Waals surface area (Å²) in [4.78, 5) is 30.1. The molecule has 0 unspecified atom stereocenters. The minimum Gasteiger partial charge on any atom is -0.870 e. The summed E-state index contributed by atoms with van der Waals surface area (Å²) in [6, 6.07) is 0. The number of ether oxygens (including phenoxy) is 2. The standard InChI is InChI=1S/C7H10F2O5S.C5H10O.C3H3F3O4S.C2H2F2O5S.3Na.H2O/c8-7(9,15-14-13-11)6(10)12-5-3-1-2-4-5;6-5-3-1-2-4-5;1-10-2(7)3(4,5)11(6,8)9;3-2(4,1(5)6)10(7,8)9;;;;/h5,11H,1-4H2;5-6H,1-4H2;1H3;(H,5,6)(H,7,8,9);;;;1H2/q;;;;3*+1;/p-3. The van der Waals surface area contributed by atoms with Crippen molar-refractivity contribution in [2.24, 2.45) is 0 Å². The zero-order valence-electron chi connectivity index (χ0n) is 24.3. The van der Waals surface area contributed by atoms with Crippen LogP contribution < -0.4 is 93.9 Å². The molecule has 16 nitrogen and oxygen atoms in total. The number of aliphatic carboxylic acids is 1. The van der Waals surface area contributed by atoms with Gasteiger partial charge in [-0.1, -0.05) is 16.7 Å². The van der Waals surface area contributed by atoms with Crippen molar-refractivity contribution in [2.45, 2.75) is 79.3 Å². The van der Waals surface area contributed by atoms with Crippen molar-refractivity contribution < 1.29 is 194 Å². The van der Waals surface area contributed by atoms with Crippen LogP contribution in [0.1, 0.15) is 51.4 Å². The third kappa shape index (κ3) is 22.6. The van der Waals surface area contributed by atoms with Gasteiger partial charge in [-0.2, -0.15) is 39.1 Å². The normalized spacial score (nSPS) is 15.1. The second kappa shape index (κ2) is 26.7. The number of carbonyl (C=O) groups excluding carboxylic acids is 2. The monoisotopic (exact) mass is 782 g/mol. The first-order valence-electron chi connectivity index (χ1n) is 10.8. The van der Waals surface area contributed by atoms with E-state index in [1.807, 2.05) is 0 Å². The van der Waals surface area contributed by atoms with Crippen molar-refractivity contribution in [1.29, 1.82) is 0 Å². The van der Waals surface area contributed by atoms with E-state index >= 15 is 0 Å². The van der Waals surface area contributed by atoms with E-state index in [1.165, 1.54) is 12.8 Å². The second-order valence-corrected chi connectivity index (χ2v) is 11.3. The molecule has 0 atom stereocenters. The number of aliphatic hydroxyl groups is 1. The number of halogens is 7. The Kier molecular flexibility index (Phi) is 34.3. The van der Waals surface area contributed by atoms with Crippen molar-refractivity contribution in [2.75, 3.05) is 7.11 Å². The number of carboxylic acids is 1. The Bertz CT molecular complexity index is 1090. The molecule has 0 aromatic carbocycles. The maximum absolute atomic E-state index is 12.8. The third-order valence-corrected chi connectivity index (χ3v) is 6.68. The first-order valence-corrected chi connectivity index (χ1v) is 14.3. The number of methoxy groups -OCH3 is 1. The van der Waals surface area contributed by atoms with Crippen molar-refractivity contribution >= 4 is 50.3 Å². The molecule has 46 heavy (non-hydrogen) atoms. The minimum atomic E-state index is -6.22. The van der Waals surface area contributed by atoms with Crippen LogP contribution in [0, 0.1) is 0 Å². The van der Waals surface area contributed by atoms with Gasteiger partial charge in [0, 0.05) is 0 Å². The average Bonchev–Trinajstić information content (AvgIpc) is 3.56. The first-order chi connectivity index (χ1) is 18.9. The topological polar surface area (TPSA) is 273 Å². The zero-order valence-corrected chi connectivity index (χ0v) is 32.8. The van der Waals surface area contributed by atoms with Crippen LogP contribution in [0.25, 0.3) is 0 Å². The maximum atomic E-state index is 12.8. The predicted octanol–water partition coefficient (Wildman–Crippen LogP) is -8.05. The number of alkyl halides is 6. The molecule has 0 aromatic rings. The van der Waals surface area contributed by atoms with Gasteiger partial charge in [-0.25, -0.2) is 22.8 Å². The molecule has 258 valence electrons. The molecule has 0 aromatic heterocycles. The second-order valence-electron chi connectivity index (χ2n) is 7.71. The fourth-order valence-electron chi connectivity index (χ4n) is 2.55. The Morgan fingerprint density at radius 1 is 0.826 bits per heavy atom. The molecule has 0 amide bonds. The number of esters is 2. The van der Waals surface area contributed by atoms with Crippen molar-refractivity contribution in [1.82, 2.24) is 0 Å². The molecule has 2 saturated carbocycles. The van der Waals surface area contributed by atoms with Crippen LogP contribution in [-0.2, 0) is 53.6 Å². The summed E-state index contributed by atoms with van der Waals surface area (Å²) in [7, 11) is -11.8. The Balaban J connectivity index is -0.000000117. The predicted molar refractivity (Wildman–Crippen MR) is 119 cm³/mol. The summed E-state index contributed by atoms with van der Waals surface area (Å²) in [6.45, 7) is 0. The van der Waals surface area contributed by atoms with Crippen LogP contribution in [0.5, 0.6) is 0 Å². The van der Waals surface area contributed by atoms with Gasteiger partial charge in [-0.05, 0) is 38.5 Å². The van der Waals surface area contributed by atoms with Crippen LogP contribution in [0.3, 0.4) is 0 Å². The van der Waals surface area contributed by atoms with E-state index in [0.717, 1.165) is 25.7 Å². The molecule has 2 rings (SSSR count). The molecule has 0 radical (unpaired) electrons. The maximum Gasteiger partial charge on any atom is 1.00 e. The van der Waals surface area contributed by atoms with Gasteiger partial charge in [-0.3, -0.25) is 5.04 Å². The van der Waals surface area contributed by atoms with Gasteiger partial charge in [0.2, 0.25) is 0 Å². The molecule has 2 aliphatic carbocycles. The van der Waals surface area contributed by atoms with Gasteiger partial charge in [0.1, 0.15) is 18.1 Å². The van der Waals surface area contributed by atoms with Crippen LogP contribution >= 0.6 is 12.0 Å². The molecular formula is C17H24F7Na3O16S3. The Hall–Kier alpha value is 0.930. The van der Waals surface area contributed by atoms with E-state index in [4.69, 9.17) is 10.2 Å². The molecular weight excluding hydrogens is 758 g/mol. The molecule has 29 heteroatoms. The smallest absolute Gasteiger partial charge is 0.870 e. The summed E-state index contributed by atoms with van der Waals surface area (Å²) in [5.74, 6) is -7.13. The minimum absolute atomic E-state index is 0. The third-order valence-electron chi connectivity index (χ3n) is 4.60. The van der Waals surface area contributed by atoms with E-state index in [-0.39, 0.29) is 100 Å². The first kappa shape index (κ1) is 59.1. The van der Waals surface area contributed by atoms with E-state index in [0.29, 0.717) is 20.0 Å². The van der Waals surface area contributed by atoms with Gasteiger partial charge < -0.3 is 35.0 Å². The molecule has 0 spiro atoms. The molecule has 0 aliphatic heterocycles. The molecule has 2 aliphatic rings. The largest absolute Gasteiger partial charge is 1.00 e. The summed E-state index contributed by atoms with van der Waals surface area (Å²) in [6.07, 6.45) is 7.04. The fraction of sp³-hybridized carbons (Fsp3) is 0.824.